The number of quaternary nitrogens is 1. The monoisotopic (exact) mass is 462 g/mol. The van der Waals surface area contributed by atoms with Gasteiger partial charge < -0.3 is 19.2 Å². The van der Waals surface area contributed by atoms with E-state index in [4.69, 9.17) is 9.15 Å². The van der Waals surface area contributed by atoms with Gasteiger partial charge in [0.05, 0.1) is 24.0 Å². The molecule has 0 saturated carbocycles. The molecule has 3 aromatic rings. The molecule has 1 aromatic heterocycles. The summed E-state index contributed by atoms with van der Waals surface area (Å²) in [5, 5.41) is 10.4. The van der Waals surface area contributed by atoms with Crippen molar-refractivity contribution in [3.05, 3.63) is 63.0 Å². The Balaban J connectivity index is 1.86. The second kappa shape index (κ2) is 8.74. The molecule has 2 heterocycles. The van der Waals surface area contributed by atoms with Crippen LogP contribution >= 0.6 is 0 Å². The van der Waals surface area contributed by atoms with Gasteiger partial charge in [-0.25, -0.2) is 0 Å². The zero-order chi connectivity index (χ0) is 23.9. The number of hydrogen-bond acceptors (Lipinski definition) is 4. The van der Waals surface area contributed by atoms with Gasteiger partial charge in [0.2, 0.25) is 11.2 Å². The fraction of sp³-hybridized carbons (Fsp3) is 0.400. The Labute approximate surface area is 189 Å². The number of phenolic OH excluding ortho intramolecular Hbond substituents is 1. The van der Waals surface area contributed by atoms with Crippen molar-refractivity contribution in [2.24, 2.45) is 5.92 Å². The number of rotatable bonds is 4. The normalized spacial score (nSPS) is 19.1. The number of likely N-dealkylation sites (tertiary alicyclic amines) is 1. The molecule has 0 atom stereocenters. The number of ether oxygens (including phenoxy) is 1. The van der Waals surface area contributed by atoms with E-state index in [1.54, 1.807) is 32.0 Å². The largest absolute Gasteiger partial charge is 0.507 e. The van der Waals surface area contributed by atoms with Gasteiger partial charge in [-0.05, 0) is 61.9 Å². The number of aryl methyl sites for hydroxylation is 2. The van der Waals surface area contributed by atoms with Gasteiger partial charge in [-0.2, -0.15) is 13.2 Å². The number of nitrogens with one attached hydrogen (secondary N) is 1. The highest BCUT2D eigenvalue weighted by molar-refractivity contribution is 5.83. The summed E-state index contributed by atoms with van der Waals surface area (Å²) >= 11 is 0. The summed E-state index contributed by atoms with van der Waals surface area (Å²) in [6.07, 6.45) is -2.98. The average Bonchev–Trinajstić information content (AvgIpc) is 2.75. The SMILES string of the molecule is Cc1ccc(C)c(Oc2c(C(F)(F)F)oc3c(C[NH+]4CCC(C)CC4)c(O)ccc3c2=O)c1. The Kier molecular flexibility index (Phi) is 6.14. The molecule has 2 aromatic carbocycles. The van der Waals surface area contributed by atoms with E-state index in [-0.39, 0.29) is 34.6 Å². The number of hydrogen-bond donors (Lipinski definition) is 2. The maximum atomic E-state index is 14.0. The first-order valence-corrected chi connectivity index (χ1v) is 11.0. The third kappa shape index (κ3) is 4.71. The smallest absolute Gasteiger partial charge is 0.453 e. The van der Waals surface area contributed by atoms with Gasteiger partial charge in [-0.3, -0.25) is 4.79 Å². The number of benzene rings is 2. The van der Waals surface area contributed by atoms with E-state index in [1.807, 2.05) is 0 Å². The predicted molar refractivity (Wildman–Crippen MR) is 118 cm³/mol. The van der Waals surface area contributed by atoms with E-state index in [2.05, 4.69) is 6.92 Å². The fourth-order valence-electron chi connectivity index (χ4n) is 4.26. The first-order chi connectivity index (χ1) is 15.5. The summed E-state index contributed by atoms with van der Waals surface area (Å²) in [7, 11) is 0. The van der Waals surface area contributed by atoms with Crippen LogP contribution in [0, 0.1) is 19.8 Å². The Morgan fingerprint density at radius 1 is 1.15 bits per heavy atom. The van der Waals surface area contributed by atoms with Crippen LogP contribution in [0.5, 0.6) is 17.2 Å². The van der Waals surface area contributed by atoms with Gasteiger partial charge in [0.1, 0.15) is 18.0 Å². The molecule has 8 heteroatoms. The van der Waals surface area contributed by atoms with Gasteiger partial charge in [0, 0.05) is 0 Å². The molecule has 0 aliphatic carbocycles. The second-order valence-electron chi connectivity index (χ2n) is 9.01. The van der Waals surface area contributed by atoms with Crippen LogP contribution < -0.4 is 15.1 Å². The molecule has 2 N–H and O–H groups in total. The Morgan fingerprint density at radius 2 is 1.85 bits per heavy atom. The lowest BCUT2D eigenvalue weighted by Gasteiger charge is -2.27. The van der Waals surface area contributed by atoms with E-state index in [0.717, 1.165) is 36.4 Å². The van der Waals surface area contributed by atoms with Gasteiger partial charge in [0.25, 0.3) is 5.76 Å². The highest BCUT2D eigenvalue weighted by atomic mass is 19.4. The number of piperidine rings is 1. The van der Waals surface area contributed by atoms with Crippen LogP contribution in [0.15, 0.2) is 39.5 Å². The van der Waals surface area contributed by atoms with Crippen LogP contribution in [0.3, 0.4) is 0 Å². The highest BCUT2D eigenvalue weighted by Gasteiger charge is 2.41. The fourth-order valence-corrected chi connectivity index (χ4v) is 4.26. The summed E-state index contributed by atoms with van der Waals surface area (Å²) in [4.78, 5) is 14.3. The lowest BCUT2D eigenvalue weighted by atomic mass is 9.98. The Morgan fingerprint density at radius 3 is 2.52 bits per heavy atom. The van der Waals surface area contributed by atoms with E-state index in [9.17, 15) is 23.1 Å². The molecule has 1 saturated heterocycles. The molecule has 1 fully saturated rings. The van der Waals surface area contributed by atoms with Crippen LogP contribution in [0.4, 0.5) is 13.2 Å². The number of phenols is 1. The topological polar surface area (TPSA) is 64.1 Å². The molecular weight excluding hydrogens is 435 g/mol. The van der Waals surface area contributed by atoms with Crippen molar-refractivity contribution in [3.8, 4) is 17.2 Å². The summed E-state index contributed by atoms with van der Waals surface area (Å²) in [6.45, 7) is 7.57. The lowest BCUT2D eigenvalue weighted by Crippen LogP contribution is -3.11. The summed E-state index contributed by atoms with van der Waals surface area (Å²) in [6, 6.07) is 7.69. The van der Waals surface area contributed by atoms with Crippen molar-refractivity contribution < 1.29 is 32.3 Å². The molecule has 0 bridgehead atoms. The van der Waals surface area contributed by atoms with Gasteiger partial charge in [-0.15, -0.1) is 0 Å². The van der Waals surface area contributed by atoms with Crippen LogP contribution in [-0.2, 0) is 12.7 Å². The molecule has 4 rings (SSSR count). The van der Waals surface area contributed by atoms with E-state index in [1.165, 1.54) is 12.1 Å². The third-order valence-electron chi connectivity index (χ3n) is 6.32. The Hall–Kier alpha value is -3.00. The van der Waals surface area contributed by atoms with Gasteiger partial charge >= 0.3 is 6.18 Å². The van der Waals surface area contributed by atoms with Gasteiger partial charge in [0.15, 0.2) is 5.58 Å². The van der Waals surface area contributed by atoms with Crippen molar-refractivity contribution in [1.82, 2.24) is 0 Å². The molecule has 1 aliphatic heterocycles. The maximum Gasteiger partial charge on any atom is 0.453 e. The minimum Gasteiger partial charge on any atom is -0.507 e. The van der Waals surface area contributed by atoms with Crippen LogP contribution in [0.2, 0.25) is 0 Å². The molecular formula is C25H27F3NO4+. The van der Waals surface area contributed by atoms with Crippen LogP contribution in [-0.4, -0.2) is 18.2 Å². The standard InChI is InChI=1S/C25H26F3NO4/c1-14-8-10-29(11-9-14)13-18-19(30)7-6-17-21(31)23(24(25(26,27)28)33-22(17)18)32-20-12-15(2)4-5-16(20)3/h4-7,12,14,30H,8-11,13H2,1-3H3/p+1. The van der Waals surface area contributed by atoms with E-state index >= 15 is 0 Å². The van der Waals surface area contributed by atoms with E-state index < -0.39 is 23.1 Å². The van der Waals surface area contributed by atoms with Gasteiger partial charge in [-0.1, -0.05) is 19.1 Å². The van der Waals surface area contributed by atoms with Crippen LogP contribution in [0.25, 0.3) is 11.0 Å². The van der Waals surface area contributed by atoms with Crippen molar-refractivity contribution in [3.63, 3.8) is 0 Å². The highest BCUT2D eigenvalue weighted by Crippen LogP contribution is 2.40. The van der Waals surface area contributed by atoms with E-state index in [0.29, 0.717) is 11.5 Å². The summed E-state index contributed by atoms with van der Waals surface area (Å²) in [5.41, 5.74) is 0.403. The zero-order valence-electron chi connectivity index (χ0n) is 18.8. The molecule has 0 amide bonds. The quantitative estimate of drug-likeness (QED) is 0.588. The average molecular weight is 462 g/mol. The number of alkyl halides is 3. The lowest BCUT2D eigenvalue weighted by molar-refractivity contribution is -0.919. The first-order valence-electron chi connectivity index (χ1n) is 11.0. The Bertz CT molecular complexity index is 1240. The maximum absolute atomic E-state index is 14.0. The van der Waals surface area contributed by atoms with Crippen molar-refractivity contribution in [2.75, 3.05) is 13.1 Å². The molecule has 33 heavy (non-hydrogen) atoms. The third-order valence-corrected chi connectivity index (χ3v) is 6.32. The molecule has 0 unspecified atom stereocenters. The number of fused-ring (bicyclic) bond motifs is 1. The minimum atomic E-state index is -4.96. The predicted octanol–water partition coefficient (Wildman–Crippen LogP) is 4.74. The minimum absolute atomic E-state index is 0.0547. The summed E-state index contributed by atoms with van der Waals surface area (Å²) in [5.74, 6) is -1.85. The molecule has 0 radical (unpaired) electrons. The van der Waals surface area contributed by atoms with Crippen molar-refractivity contribution >= 4 is 11.0 Å². The number of aromatic hydroxyl groups is 1. The molecule has 176 valence electrons. The zero-order valence-corrected chi connectivity index (χ0v) is 18.8. The van der Waals surface area contributed by atoms with Crippen LogP contribution in [0.1, 0.15) is 42.2 Å². The second-order valence-corrected chi connectivity index (χ2v) is 9.01. The molecule has 5 nitrogen and oxygen atoms in total. The van der Waals surface area contributed by atoms with Crippen molar-refractivity contribution in [2.45, 2.75) is 46.3 Å². The first kappa shape index (κ1) is 23.2. The van der Waals surface area contributed by atoms with Crippen molar-refractivity contribution in [1.29, 1.82) is 0 Å². The molecule has 1 aliphatic rings. The number of halogens is 3. The summed E-state index contributed by atoms with van der Waals surface area (Å²) < 4.78 is 52.8. The molecule has 0 spiro atoms.